The van der Waals surface area contributed by atoms with Crippen LogP contribution >= 0.6 is 0 Å². The van der Waals surface area contributed by atoms with Gasteiger partial charge in [0.2, 0.25) is 0 Å². The van der Waals surface area contributed by atoms with E-state index in [1.165, 1.54) is 0 Å². The van der Waals surface area contributed by atoms with Crippen LogP contribution < -0.4 is 5.56 Å². The Bertz CT molecular complexity index is 800. The maximum absolute atomic E-state index is 12.5. The quantitative estimate of drug-likeness (QED) is 0.787. The van der Waals surface area contributed by atoms with Crippen molar-refractivity contribution in [2.75, 3.05) is 20.6 Å². The van der Waals surface area contributed by atoms with Crippen LogP contribution in [0.5, 0.6) is 0 Å². The first-order chi connectivity index (χ1) is 9.66. The third kappa shape index (κ3) is 2.20. The van der Waals surface area contributed by atoms with E-state index in [2.05, 4.69) is 14.9 Å². The zero-order chi connectivity index (χ0) is 14.1. The zero-order valence-electron chi connectivity index (χ0n) is 11.8. The van der Waals surface area contributed by atoms with Crippen LogP contribution in [-0.2, 0) is 6.54 Å². The fraction of sp³-hybridized carbons (Fsp3) is 0.333. The van der Waals surface area contributed by atoms with Crippen LogP contribution in [0.1, 0.15) is 6.42 Å². The van der Waals surface area contributed by atoms with Gasteiger partial charge in [0.1, 0.15) is 11.0 Å². The highest BCUT2D eigenvalue weighted by Gasteiger charge is 2.10. The summed E-state index contributed by atoms with van der Waals surface area (Å²) >= 11 is 0. The molecule has 0 atom stereocenters. The average Bonchev–Trinajstić information content (AvgIpc) is 2.81. The van der Waals surface area contributed by atoms with Crippen LogP contribution in [-0.4, -0.2) is 40.1 Å². The van der Waals surface area contributed by atoms with Crippen molar-refractivity contribution in [3.8, 4) is 0 Å². The first-order valence-electron chi connectivity index (χ1n) is 6.77. The number of para-hydroxylation sites is 1. The number of benzene rings is 1. The third-order valence-corrected chi connectivity index (χ3v) is 3.48. The Morgan fingerprint density at radius 3 is 2.90 bits per heavy atom. The summed E-state index contributed by atoms with van der Waals surface area (Å²) in [6.07, 6.45) is 2.58. The lowest BCUT2D eigenvalue weighted by Gasteiger charge is -2.10. The van der Waals surface area contributed by atoms with Gasteiger partial charge < -0.3 is 9.88 Å². The molecule has 0 fully saturated rings. The highest BCUT2D eigenvalue weighted by molar-refractivity contribution is 6.04. The molecule has 0 bridgehead atoms. The Morgan fingerprint density at radius 2 is 2.10 bits per heavy atom. The molecule has 1 aromatic carbocycles. The number of rotatable bonds is 4. The first-order valence-corrected chi connectivity index (χ1v) is 6.77. The molecule has 0 spiro atoms. The highest BCUT2D eigenvalue weighted by atomic mass is 16.1. The van der Waals surface area contributed by atoms with Crippen LogP contribution in [0.3, 0.4) is 0 Å². The number of aromatic amines is 1. The van der Waals surface area contributed by atoms with Gasteiger partial charge in [-0.2, -0.15) is 0 Å². The maximum Gasteiger partial charge on any atom is 0.277 e. The predicted octanol–water partition coefficient (Wildman–Crippen LogP) is 1.83. The minimum Gasteiger partial charge on any atom is -0.349 e. The van der Waals surface area contributed by atoms with Gasteiger partial charge in [-0.25, -0.2) is 4.98 Å². The Kier molecular flexibility index (Phi) is 3.28. The van der Waals surface area contributed by atoms with E-state index in [1.54, 1.807) is 10.9 Å². The third-order valence-electron chi connectivity index (χ3n) is 3.48. The number of H-pyrrole nitrogens is 1. The van der Waals surface area contributed by atoms with Gasteiger partial charge in [0.25, 0.3) is 5.56 Å². The molecule has 2 heterocycles. The highest BCUT2D eigenvalue weighted by Crippen LogP contribution is 2.20. The number of hydrogen-bond donors (Lipinski definition) is 1. The van der Waals surface area contributed by atoms with Gasteiger partial charge in [-0.05, 0) is 33.1 Å². The standard InChI is InChI=1S/C15H18N4O/c1-18(2)8-5-9-19-10-16-13-11-6-3-4-7-12(11)17-14(13)15(19)20/h3-4,6-7,10,17H,5,8-9H2,1-2H3. The number of nitrogens with zero attached hydrogens (tertiary/aromatic N) is 3. The summed E-state index contributed by atoms with van der Waals surface area (Å²) in [6, 6.07) is 7.86. The predicted molar refractivity (Wildman–Crippen MR) is 81.0 cm³/mol. The van der Waals surface area contributed by atoms with Crippen molar-refractivity contribution < 1.29 is 0 Å². The maximum atomic E-state index is 12.5. The molecule has 5 heteroatoms. The molecular weight excluding hydrogens is 252 g/mol. The van der Waals surface area contributed by atoms with E-state index in [0.29, 0.717) is 12.1 Å². The van der Waals surface area contributed by atoms with Gasteiger partial charge in [0.15, 0.2) is 0 Å². The SMILES string of the molecule is CN(C)CCCn1cnc2c([nH]c3ccccc32)c1=O. The molecule has 2 aromatic heterocycles. The van der Waals surface area contributed by atoms with Gasteiger partial charge in [-0.15, -0.1) is 0 Å². The molecule has 5 nitrogen and oxygen atoms in total. The number of aryl methyl sites for hydroxylation is 1. The van der Waals surface area contributed by atoms with Gasteiger partial charge in [0, 0.05) is 17.4 Å². The van der Waals surface area contributed by atoms with Crippen molar-refractivity contribution in [1.82, 2.24) is 19.4 Å². The number of hydrogen-bond acceptors (Lipinski definition) is 3. The van der Waals surface area contributed by atoms with E-state index < -0.39 is 0 Å². The summed E-state index contributed by atoms with van der Waals surface area (Å²) in [6.45, 7) is 1.65. The lowest BCUT2D eigenvalue weighted by Crippen LogP contribution is -2.23. The van der Waals surface area contributed by atoms with E-state index in [9.17, 15) is 4.79 Å². The first kappa shape index (κ1) is 12.9. The number of nitrogens with one attached hydrogen (secondary N) is 1. The molecule has 104 valence electrons. The minimum atomic E-state index is 0.00459. The molecule has 0 aliphatic rings. The van der Waals surface area contributed by atoms with Gasteiger partial charge in [-0.1, -0.05) is 18.2 Å². The van der Waals surface area contributed by atoms with Gasteiger partial charge in [0.05, 0.1) is 6.33 Å². The molecular formula is C15H18N4O. The Hall–Kier alpha value is -2.14. The molecule has 0 saturated heterocycles. The van der Waals surface area contributed by atoms with Crippen LogP contribution in [0, 0.1) is 0 Å². The molecule has 3 rings (SSSR count). The van der Waals surface area contributed by atoms with Crippen molar-refractivity contribution in [3.05, 3.63) is 40.9 Å². The summed E-state index contributed by atoms with van der Waals surface area (Å²) in [5.74, 6) is 0. The fourth-order valence-corrected chi connectivity index (χ4v) is 2.46. The second-order valence-corrected chi connectivity index (χ2v) is 5.29. The summed E-state index contributed by atoms with van der Waals surface area (Å²) < 4.78 is 1.68. The molecule has 0 saturated carbocycles. The summed E-state index contributed by atoms with van der Waals surface area (Å²) in [5, 5.41) is 1.00. The molecule has 0 unspecified atom stereocenters. The van der Waals surface area contributed by atoms with E-state index in [1.807, 2.05) is 38.4 Å². The minimum absolute atomic E-state index is 0.00459. The lowest BCUT2D eigenvalue weighted by atomic mass is 10.2. The summed E-state index contributed by atoms with van der Waals surface area (Å²) in [7, 11) is 4.06. The van der Waals surface area contributed by atoms with Crippen molar-refractivity contribution in [1.29, 1.82) is 0 Å². The molecule has 1 N–H and O–H groups in total. The largest absolute Gasteiger partial charge is 0.349 e. The molecule has 0 radical (unpaired) electrons. The zero-order valence-corrected chi connectivity index (χ0v) is 11.8. The van der Waals surface area contributed by atoms with Crippen molar-refractivity contribution >= 4 is 21.9 Å². The summed E-state index contributed by atoms with van der Waals surface area (Å²) in [4.78, 5) is 22.2. The van der Waals surface area contributed by atoms with E-state index in [0.717, 1.165) is 29.4 Å². The Balaban J connectivity index is 2.02. The lowest BCUT2D eigenvalue weighted by molar-refractivity contribution is 0.384. The number of aromatic nitrogens is 3. The van der Waals surface area contributed by atoms with E-state index in [-0.39, 0.29) is 5.56 Å². The van der Waals surface area contributed by atoms with Crippen molar-refractivity contribution in [2.24, 2.45) is 0 Å². The van der Waals surface area contributed by atoms with Crippen LogP contribution in [0.2, 0.25) is 0 Å². The average molecular weight is 270 g/mol. The van der Waals surface area contributed by atoms with Crippen LogP contribution in [0.25, 0.3) is 21.9 Å². The Labute approximate surface area is 116 Å². The van der Waals surface area contributed by atoms with Crippen LogP contribution in [0.15, 0.2) is 35.4 Å². The summed E-state index contributed by atoms with van der Waals surface area (Å²) in [5.41, 5.74) is 2.32. The normalized spacial score (nSPS) is 11.8. The molecule has 0 aliphatic carbocycles. The molecule has 0 amide bonds. The topological polar surface area (TPSA) is 53.9 Å². The monoisotopic (exact) mass is 270 g/mol. The second kappa shape index (κ2) is 5.09. The molecule has 20 heavy (non-hydrogen) atoms. The fourth-order valence-electron chi connectivity index (χ4n) is 2.46. The molecule has 3 aromatic rings. The second-order valence-electron chi connectivity index (χ2n) is 5.29. The van der Waals surface area contributed by atoms with Crippen LogP contribution in [0.4, 0.5) is 0 Å². The van der Waals surface area contributed by atoms with Crippen molar-refractivity contribution in [3.63, 3.8) is 0 Å². The van der Waals surface area contributed by atoms with Crippen molar-refractivity contribution in [2.45, 2.75) is 13.0 Å². The van der Waals surface area contributed by atoms with E-state index >= 15 is 0 Å². The van der Waals surface area contributed by atoms with Gasteiger partial charge in [-0.3, -0.25) is 9.36 Å². The smallest absolute Gasteiger partial charge is 0.277 e. The number of fused-ring (bicyclic) bond motifs is 3. The molecule has 0 aliphatic heterocycles. The van der Waals surface area contributed by atoms with Gasteiger partial charge >= 0.3 is 0 Å². The van der Waals surface area contributed by atoms with E-state index in [4.69, 9.17) is 0 Å². The Morgan fingerprint density at radius 1 is 1.30 bits per heavy atom.